The van der Waals surface area contributed by atoms with Crippen molar-refractivity contribution in [2.24, 2.45) is 16.8 Å². The quantitative estimate of drug-likeness (QED) is 0.509. The Morgan fingerprint density at radius 1 is 1.23 bits per heavy atom. The molecule has 0 radical (unpaired) electrons. The van der Waals surface area contributed by atoms with Crippen molar-refractivity contribution in [2.45, 2.75) is 32.2 Å². The molecule has 1 aliphatic carbocycles. The summed E-state index contributed by atoms with van der Waals surface area (Å²) in [5, 5.41) is 3.46. The minimum absolute atomic E-state index is 0.392. The number of fused-ring (bicyclic) bond motifs is 1. The SMILES string of the molecule is CN=C(NCc1ccc(C(=O)OC)c(OC)c1)N1CC2CCCCC2C1. The molecule has 0 bridgehead atoms. The van der Waals surface area contributed by atoms with Crippen molar-refractivity contribution in [3.05, 3.63) is 29.3 Å². The van der Waals surface area contributed by atoms with Gasteiger partial charge in [-0.3, -0.25) is 4.99 Å². The molecule has 2 aliphatic rings. The number of hydrogen-bond donors (Lipinski definition) is 1. The van der Waals surface area contributed by atoms with Gasteiger partial charge in [-0.15, -0.1) is 0 Å². The van der Waals surface area contributed by atoms with Crippen molar-refractivity contribution < 1.29 is 14.3 Å². The van der Waals surface area contributed by atoms with E-state index in [2.05, 4.69) is 15.2 Å². The van der Waals surface area contributed by atoms with E-state index in [1.165, 1.54) is 32.8 Å². The maximum absolute atomic E-state index is 11.8. The van der Waals surface area contributed by atoms with Gasteiger partial charge in [0.1, 0.15) is 11.3 Å². The highest BCUT2D eigenvalue weighted by Gasteiger charge is 2.35. The van der Waals surface area contributed by atoms with Crippen LogP contribution in [0.15, 0.2) is 23.2 Å². The zero-order chi connectivity index (χ0) is 18.5. The third-order valence-corrected chi connectivity index (χ3v) is 5.61. The van der Waals surface area contributed by atoms with Crippen molar-refractivity contribution in [2.75, 3.05) is 34.4 Å². The predicted molar refractivity (Wildman–Crippen MR) is 102 cm³/mol. The third kappa shape index (κ3) is 3.94. The van der Waals surface area contributed by atoms with Gasteiger partial charge in [0, 0.05) is 26.7 Å². The van der Waals surface area contributed by atoms with Gasteiger partial charge in [0.2, 0.25) is 0 Å². The van der Waals surface area contributed by atoms with E-state index >= 15 is 0 Å². The molecule has 142 valence electrons. The molecule has 0 spiro atoms. The number of benzene rings is 1. The molecule has 0 amide bonds. The van der Waals surface area contributed by atoms with Crippen LogP contribution in [0.2, 0.25) is 0 Å². The molecule has 1 aliphatic heterocycles. The summed E-state index contributed by atoms with van der Waals surface area (Å²) in [6.45, 7) is 2.85. The van der Waals surface area contributed by atoms with Gasteiger partial charge in [-0.1, -0.05) is 18.9 Å². The number of methoxy groups -OCH3 is 2. The van der Waals surface area contributed by atoms with Crippen molar-refractivity contribution in [3.8, 4) is 5.75 Å². The molecule has 26 heavy (non-hydrogen) atoms. The topological polar surface area (TPSA) is 63.2 Å². The van der Waals surface area contributed by atoms with Crippen molar-refractivity contribution in [1.29, 1.82) is 0 Å². The zero-order valence-electron chi connectivity index (χ0n) is 16.0. The standard InChI is InChI=1S/C20H29N3O3/c1-21-20(23-12-15-6-4-5-7-16(15)13-23)22-11-14-8-9-17(19(24)26-3)18(10-14)25-2/h8-10,15-16H,4-7,11-13H2,1-3H3,(H,21,22). The lowest BCUT2D eigenvalue weighted by Crippen LogP contribution is -2.39. The number of esters is 1. The smallest absolute Gasteiger partial charge is 0.341 e. The lowest BCUT2D eigenvalue weighted by molar-refractivity contribution is 0.0597. The maximum Gasteiger partial charge on any atom is 0.341 e. The number of nitrogens with one attached hydrogen (secondary N) is 1. The molecule has 1 heterocycles. The molecule has 6 heteroatoms. The zero-order valence-corrected chi connectivity index (χ0v) is 16.0. The van der Waals surface area contributed by atoms with Crippen molar-refractivity contribution >= 4 is 11.9 Å². The predicted octanol–water partition coefficient (Wildman–Crippen LogP) is 2.68. The molecule has 1 saturated heterocycles. The molecule has 2 unspecified atom stereocenters. The van der Waals surface area contributed by atoms with Crippen LogP contribution in [0.3, 0.4) is 0 Å². The fourth-order valence-corrected chi connectivity index (χ4v) is 4.22. The minimum Gasteiger partial charge on any atom is -0.496 e. The van der Waals surface area contributed by atoms with Gasteiger partial charge in [-0.2, -0.15) is 0 Å². The highest BCUT2D eigenvalue weighted by atomic mass is 16.5. The van der Waals surface area contributed by atoms with Gasteiger partial charge in [-0.05, 0) is 42.4 Å². The minimum atomic E-state index is -0.392. The first-order valence-electron chi connectivity index (χ1n) is 9.37. The van der Waals surface area contributed by atoms with Crippen LogP contribution in [-0.4, -0.2) is 51.2 Å². The Bertz CT molecular complexity index is 660. The van der Waals surface area contributed by atoms with Crippen molar-refractivity contribution in [3.63, 3.8) is 0 Å². The van der Waals surface area contributed by atoms with Crippen LogP contribution < -0.4 is 10.1 Å². The summed E-state index contributed by atoms with van der Waals surface area (Å²) in [5.41, 5.74) is 1.47. The highest BCUT2D eigenvalue weighted by molar-refractivity contribution is 5.92. The molecule has 1 N–H and O–H groups in total. The van der Waals surface area contributed by atoms with Crippen LogP contribution >= 0.6 is 0 Å². The van der Waals surface area contributed by atoms with E-state index in [4.69, 9.17) is 9.47 Å². The van der Waals surface area contributed by atoms with E-state index in [1.54, 1.807) is 13.2 Å². The van der Waals surface area contributed by atoms with Gasteiger partial charge in [0.15, 0.2) is 5.96 Å². The Kier molecular flexibility index (Phi) is 6.01. The van der Waals surface area contributed by atoms with Gasteiger partial charge in [0.05, 0.1) is 14.2 Å². The van der Waals surface area contributed by atoms with E-state index < -0.39 is 5.97 Å². The Morgan fingerprint density at radius 3 is 2.50 bits per heavy atom. The molecule has 0 aromatic heterocycles. The van der Waals surface area contributed by atoms with Crippen LogP contribution in [0.4, 0.5) is 0 Å². The maximum atomic E-state index is 11.8. The third-order valence-electron chi connectivity index (χ3n) is 5.61. The Hall–Kier alpha value is -2.24. The summed E-state index contributed by atoms with van der Waals surface area (Å²) in [7, 11) is 4.77. The summed E-state index contributed by atoms with van der Waals surface area (Å²) in [5.74, 6) is 2.73. The molecule has 1 saturated carbocycles. The van der Waals surface area contributed by atoms with E-state index in [-0.39, 0.29) is 0 Å². The number of hydrogen-bond acceptors (Lipinski definition) is 4. The lowest BCUT2D eigenvalue weighted by Gasteiger charge is -2.22. The monoisotopic (exact) mass is 359 g/mol. The Balaban J connectivity index is 1.63. The summed E-state index contributed by atoms with van der Waals surface area (Å²) in [6, 6.07) is 5.53. The molecular formula is C20H29N3O3. The number of guanidine groups is 1. The number of nitrogens with zero attached hydrogens (tertiary/aromatic N) is 2. The second-order valence-corrected chi connectivity index (χ2v) is 7.14. The normalized spacial score (nSPS) is 22.7. The number of carbonyl (C=O) groups excluding carboxylic acids is 1. The van der Waals surface area contributed by atoms with Crippen molar-refractivity contribution in [1.82, 2.24) is 10.2 Å². The molecule has 1 aromatic rings. The van der Waals surface area contributed by atoms with Crippen LogP contribution in [-0.2, 0) is 11.3 Å². The van der Waals surface area contributed by atoms with Gasteiger partial charge in [0.25, 0.3) is 0 Å². The van der Waals surface area contributed by atoms with Crippen LogP contribution in [0, 0.1) is 11.8 Å². The Morgan fingerprint density at radius 2 is 1.92 bits per heavy atom. The average Bonchev–Trinajstić information content (AvgIpc) is 3.11. The largest absolute Gasteiger partial charge is 0.496 e. The van der Waals surface area contributed by atoms with E-state index in [1.807, 2.05) is 19.2 Å². The highest BCUT2D eigenvalue weighted by Crippen LogP contribution is 2.36. The van der Waals surface area contributed by atoms with Crippen LogP contribution in [0.25, 0.3) is 0 Å². The molecular weight excluding hydrogens is 330 g/mol. The number of ether oxygens (including phenoxy) is 2. The van der Waals surface area contributed by atoms with Gasteiger partial charge < -0.3 is 19.7 Å². The summed E-state index contributed by atoms with van der Waals surface area (Å²) < 4.78 is 10.1. The summed E-state index contributed by atoms with van der Waals surface area (Å²) in [4.78, 5) is 18.6. The molecule has 2 fully saturated rings. The first-order chi connectivity index (χ1) is 12.7. The van der Waals surface area contributed by atoms with Crippen LogP contribution in [0.5, 0.6) is 5.75 Å². The number of aliphatic imine (C=N–C) groups is 1. The Labute approximate surface area is 155 Å². The molecule has 2 atom stereocenters. The molecule has 6 nitrogen and oxygen atoms in total. The number of likely N-dealkylation sites (tertiary alicyclic amines) is 1. The van der Waals surface area contributed by atoms with Gasteiger partial charge in [-0.25, -0.2) is 4.79 Å². The van der Waals surface area contributed by atoms with E-state index in [9.17, 15) is 4.79 Å². The average molecular weight is 359 g/mol. The number of carbonyl (C=O) groups is 1. The summed E-state index contributed by atoms with van der Waals surface area (Å²) in [6.07, 6.45) is 5.44. The van der Waals surface area contributed by atoms with E-state index in [0.29, 0.717) is 17.9 Å². The number of rotatable bonds is 4. The summed E-state index contributed by atoms with van der Waals surface area (Å²) >= 11 is 0. The fourth-order valence-electron chi connectivity index (χ4n) is 4.22. The van der Waals surface area contributed by atoms with E-state index in [0.717, 1.165) is 36.4 Å². The first kappa shape index (κ1) is 18.5. The molecule has 1 aromatic carbocycles. The lowest BCUT2D eigenvalue weighted by atomic mass is 9.82. The first-order valence-corrected chi connectivity index (χ1v) is 9.37. The van der Waals surface area contributed by atoms with Crippen LogP contribution in [0.1, 0.15) is 41.6 Å². The molecule has 3 rings (SSSR count). The fraction of sp³-hybridized carbons (Fsp3) is 0.600. The van der Waals surface area contributed by atoms with Gasteiger partial charge >= 0.3 is 5.97 Å². The second kappa shape index (κ2) is 8.43. The second-order valence-electron chi connectivity index (χ2n) is 7.14.